The van der Waals surface area contributed by atoms with E-state index < -0.39 is 0 Å². The largest absolute Gasteiger partial charge is 0.370 e. The summed E-state index contributed by atoms with van der Waals surface area (Å²) in [6.07, 6.45) is 6.96. The number of hydrogen-bond acceptors (Lipinski definition) is 5. The number of aliphatic imine (C=N–C) groups is 1. The molecule has 1 atom stereocenters. The van der Waals surface area contributed by atoms with E-state index in [1.165, 1.54) is 0 Å². The Morgan fingerprint density at radius 2 is 2.18 bits per heavy atom. The van der Waals surface area contributed by atoms with E-state index in [4.69, 9.17) is 4.74 Å². The van der Waals surface area contributed by atoms with Crippen molar-refractivity contribution in [3.8, 4) is 0 Å². The monoisotopic (exact) mass is 499 g/mol. The van der Waals surface area contributed by atoms with Crippen LogP contribution in [0.5, 0.6) is 0 Å². The summed E-state index contributed by atoms with van der Waals surface area (Å²) in [4.78, 5) is 22.5. The van der Waals surface area contributed by atoms with Gasteiger partial charge in [0.05, 0.1) is 24.9 Å². The third-order valence-corrected chi connectivity index (χ3v) is 4.29. The van der Waals surface area contributed by atoms with Gasteiger partial charge in [0, 0.05) is 57.9 Å². The Hall–Kier alpha value is -2.21. The van der Waals surface area contributed by atoms with Gasteiger partial charge < -0.3 is 20.3 Å². The van der Waals surface area contributed by atoms with Crippen molar-refractivity contribution in [3.05, 3.63) is 48.0 Å². The number of aryl methyl sites for hydroxylation is 1. The maximum absolute atomic E-state index is 12.0. The molecule has 1 unspecified atom stereocenters. The van der Waals surface area contributed by atoms with E-state index in [1.807, 2.05) is 19.4 Å². The molecule has 0 aliphatic carbocycles. The zero-order chi connectivity index (χ0) is 19.1. The molecule has 1 fully saturated rings. The highest BCUT2D eigenvalue weighted by Gasteiger charge is 2.25. The van der Waals surface area contributed by atoms with E-state index in [-0.39, 0.29) is 36.0 Å². The van der Waals surface area contributed by atoms with E-state index >= 15 is 0 Å². The number of halogens is 1. The number of guanidine groups is 1. The number of carbonyl (C=O) groups excluding carboxylic acids is 1. The zero-order valence-electron chi connectivity index (χ0n) is 16.0. The number of amides is 1. The van der Waals surface area contributed by atoms with Crippen LogP contribution in [0.15, 0.2) is 41.9 Å². The van der Waals surface area contributed by atoms with Crippen molar-refractivity contribution < 1.29 is 9.53 Å². The van der Waals surface area contributed by atoms with Gasteiger partial charge in [-0.3, -0.25) is 19.5 Å². The molecular formula is C18H26IN7O2. The van der Waals surface area contributed by atoms with Crippen LogP contribution >= 0.6 is 24.0 Å². The molecule has 28 heavy (non-hydrogen) atoms. The summed E-state index contributed by atoms with van der Waals surface area (Å²) in [7, 11) is 3.65. The Labute approximate surface area is 181 Å². The third-order valence-electron chi connectivity index (χ3n) is 4.29. The van der Waals surface area contributed by atoms with Crippen LogP contribution in [0, 0.1) is 0 Å². The average Bonchev–Trinajstić information content (AvgIpc) is 3.15. The first-order valence-electron chi connectivity index (χ1n) is 8.91. The molecule has 0 spiro atoms. The minimum Gasteiger partial charge on any atom is -0.370 e. The number of hydrogen-bond donors (Lipinski definition) is 2. The number of morpholine rings is 1. The van der Waals surface area contributed by atoms with Crippen molar-refractivity contribution in [2.24, 2.45) is 12.0 Å². The van der Waals surface area contributed by atoms with Crippen molar-refractivity contribution in [1.82, 2.24) is 30.3 Å². The van der Waals surface area contributed by atoms with Gasteiger partial charge in [-0.15, -0.1) is 24.0 Å². The third kappa shape index (κ3) is 5.89. The second-order valence-corrected chi connectivity index (χ2v) is 6.22. The van der Waals surface area contributed by atoms with E-state index in [1.54, 1.807) is 36.3 Å². The molecule has 9 nitrogen and oxygen atoms in total. The summed E-state index contributed by atoms with van der Waals surface area (Å²) in [5.74, 6) is 0.658. The predicted molar refractivity (Wildman–Crippen MR) is 117 cm³/mol. The van der Waals surface area contributed by atoms with Gasteiger partial charge in [-0.1, -0.05) is 0 Å². The molecule has 3 rings (SSSR count). The predicted octanol–water partition coefficient (Wildman–Crippen LogP) is 0.812. The van der Waals surface area contributed by atoms with Crippen LogP contribution in [0.1, 0.15) is 22.0 Å². The summed E-state index contributed by atoms with van der Waals surface area (Å²) in [6, 6.07) is 3.48. The molecule has 0 bridgehead atoms. The van der Waals surface area contributed by atoms with Crippen LogP contribution in [0.3, 0.4) is 0 Å². The fourth-order valence-corrected chi connectivity index (χ4v) is 2.93. The number of nitrogens with zero attached hydrogens (tertiary/aromatic N) is 5. The first kappa shape index (κ1) is 22.1. The van der Waals surface area contributed by atoms with Gasteiger partial charge in [0.2, 0.25) is 0 Å². The number of nitrogens with one attached hydrogen (secondary N) is 2. The summed E-state index contributed by atoms with van der Waals surface area (Å²) in [6.45, 7) is 3.15. The van der Waals surface area contributed by atoms with Crippen molar-refractivity contribution in [3.63, 3.8) is 0 Å². The number of pyridine rings is 1. The highest BCUT2D eigenvalue weighted by molar-refractivity contribution is 14.0. The number of carbonyl (C=O) groups is 1. The quantitative estimate of drug-likeness (QED) is 0.274. The summed E-state index contributed by atoms with van der Waals surface area (Å²) in [5.41, 5.74) is 1.61. The van der Waals surface area contributed by atoms with Gasteiger partial charge in [-0.2, -0.15) is 5.10 Å². The molecule has 10 heteroatoms. The Kier molecular flexibility index (Phi) is 8.64. The van der Waals surface area contributed by atoms with Crippen LogP contribution in [-0.2, 0) is 11.8 Å². The molecule has 152 valence electrons. The Bertz CT molecular complexity index is 781. The molecule has 1 aliphatic heterocycles. The molecule has 0 saturated carbocycles. The van der Waals surface area contributed by atoms with E-state index in [0.717, 1.165) is 18.1 Å². The lowest BCUT2D eigenvalue weighted by molar-refractivity contribution is -0.00800. The minimum atomic E-state index is -0.136. The van der Waals surface area contributed by atoms with Crippen molar-refractivity contribution in [1.29, 1.82) is 0 Å². The van der Waals surface area contributed by atoms with Gasteiger partial charge in [0.1, 0.15) is 6.10 Å². The first-order valence-corrected chi connectivity index (χ1v) is 8.91. The fraction of sp³-hybridized carbons (Fsp3) is 0.444. The lowest BCUT2D eigenvalue weighted by Gasteiger charge is -2.34. The summed E-state index contributed by atoms with van der Waals surface area (Å²) >= 11 is 0. The molecule has 0 aromatic carbocycles. The van der Waals surface area contributed by atoms with Gasteiger partial charge >= 0.3 is 0 Å². The van der Waals surface area contributed by atoms with Crippen LogP contribution in [-0.4, -0.2) is 71.4 Å². The van der Waals surface area contributed by atoms with E-state index in [0.29, 0.717) is 31.8 Å². The van der Waals surface area contributed by atoms with Crippen LogP contribution in [0.4, 0.5) is 0 Å². The maximum Gasteiger partial charge on any atom is 0.252 e. The standard InChI is InChI=1S/C18H25N7O2.HI/c1-19-18(22-7-6-21-17(26)14-4-3-5-20-10-14)25-8-9-27-16(13-25)15-11-23-24(2)12-15;/h3-5,10-12,16H,6-9,13H2,1-2H3,(H,19,22)(H,21,26);1H. The lowest BCUT2D eigenvalue weighted by atomic mass is 10.1. The first-order chi connectivity index (χ1) is 13.2. The van der Waals surface area contributed by atoms with Crippen molar-refractivity contribution >= 4 is 35.8 Å². The average molecular weight is 499 g/mol. The zero-order valence-corrected chi connectivity index (χ0v) is 18.4. The van der Waals surface area contributed by atoms with Crippen LogP contribution < -0.4 is 10.6 Å². The molecule has 2 aromatic heterocycles. The second kappa shape index (κ2) is 11.0. The van der Waals surface area contributed by atoms with Crippen molar-refractivity contribution in [2.75, 3.05) is 39.8 Å². The smallest absolute Gasteiger partial charge is 0.252 e. The Morgan fingerprint density at radius 1 is 1.36 bits per heavy atom. The lowest BCUT2D eigenvalue weighted by Crippen LogP contribution is -2.49. The second-order valence-electron chi connectivity index (χ2n) is 6.22. The molecule has 1 saturated heterocycles. The molecular weight excluding hydrogens is 473 g/mol. The van der Waals surface area contributed by atoms with Crippen LogP contribution in [0.25, 0.3) is 0 Å². The fourth-order valence-electron chi connectivity index (χ4n) is 2.93. The minimum absolute atomic E-state index is 0. The van der Waals surface area contributed by atoms with Gasteiger partial charge in [-0.25, -0.2) is 0 Å². The van der Waals surface area contributed by atoms with Crippen molar-refractivity contribution in [2.45, 2.75) is 6.10 Å². The van der Waals surface area contributed by atoms with Gasteiger partial charge in [-0.05, 0) is 12.1 Å². The normalized spacial score (nSPS) is 17.0. The summed E-state index contributed by atoms with van der Waals surface area (Å²) < 4.78 is 7.64. The number of rotatable bonds is 5. The van der Waals surface area contributed by atoms with Crippen LogP contribution in [0.2, 0.25) is 0 Å². The number of ether oxygens (including phenoxy) is 1. The highest BCUT2D eigenvalue weighted by Crippen LogP contribution is 2.21. The molecule has 2 aromatic rings. The molecule has 1 amide bonds. The van der Waals surface area contributed by atoms with E-state index in [9.17, 15) is 4.79 Å². The van der Waals surface area contributed by atoms with E-state index in [2.05, 4.69) is 30.6 Å². The number of aromatic nitrogens is 3. The molecule has 3 heterocycles. The molecule has 0 radical (unpaired) electrons. The SMILES string of the molecule is CN=C(NCCNC(=O)c1cccnc1)N1CCOC(c2cnn(C)c2)C1.I. The Balaban J connectivity index is 0.00000280. The molecule has 2 N–H and O–H groups in total. The topological polar surface area (TPSA) is 96.7 Å². The summed E-state index contributed by atoms with van der Waals surface area (Å²) in [5, 5.41) is 10.4. The van der Waals surface area contributed by atoms with Gasteiger partial charge in [0.25, 0.3) is 5.91 Å². The highest BCUT2D eigenvalue weighted by atomic mass is 127. The Morgan fingerprint density at radius 3 is 2.86 bits per heavy atom. The maximum atomic E-state index is 12.0. The van der Waals surface area contributed by atoms with Gasteiger partial charge in [0.15, 0.2) is 5.96 Å². The molecule has 1 aliphatic rings.